The lowest BCUT2D eigenvalue weighted by Gasteiger charge is -2.30. The first-order valence-electron chi connectivity index (χ1n) is 5.75. The summed E-state index contributed by atoms with van der Waals surface area (Å²) in [5.41, 5.74) is 1.23. The summed E-state index contributed by atoms with van der Waals surface area (Å²) in [7, 11) is 0. The van der Waals surface area contributed by atoms with E-state index in [-0.39, 0.29) is 12.0 Å². The summed E-state index contributed by atoms with van der Waals surface area (Å²) in [6.45, 7) is 1.20. The second-order valence-electron chi connectivity index (χ2n) is 4.27. The largest absolute Gasteiger partial charge is 0.391 e. The topological polar surface area (TPSA) is 40.5 Å². The Bertz CT molecular complexity index is 350. The summed E-state index contributed by atoms with van der Waals surface area (Å²) in [6, 6.07) is 10.1. The van der Waals surface area contributed by atoms with Crippen LogP contribution in [0.5, 0.6) is 0 Å². The van der Waals surface area contributed by atoms with E-state index in [1.165, 1.54) is 5.56 Å². The SMILES string of the molecule is O=C1CCC(O)CN1CCc1ccccc1. The van der Waals surface area contributed by atoms with Gasteiger partial charge in [-0.05, 0) is 18.4 Å². The van der Waals surface area contributed by atoms with Gasteiger partial charge in [-0.2, -0.15) is 0 Å². The molecule has 1 amide bonds. The van der Waals surface area contributed by atoms with Crippen LogP contribution >= 0.6 is 0 Å². The molecule has 1 heterocycles. The van der Waals surface area contributed by atoms with Gasteiger partial charge in [0.15, 0.2) is 0 Å². The highest BCUT2D eigenvalue weighted by molar-refractivity contribution is 5.77. The summed E-state index contributed by atoms with van der Waals surface area (Å²) in [4.78, 5) is 13.3. The molecular weight excluding hydrogens is 202 g/mol. The van der Waals surface area contributed by atoms with E-state index in [4.69, 9.17) is 0 Å². The Morgan fingerprint density at radius 3 is 2.81 bits per heavy atom. The molecule has 1 fully saturated rings. The monoisotopic (exact) mass is 219 g/mol. The van der Waals surface area contributed by atoms with Gasteiger partial charge in [0, 0.05) is 19.5 Å². The third-order valence-corrected chi connectivity index (χ3v) is 2.99. The molecule has 1 aromatic rings. The average Bonchev–Trinajstić information content (AvgIpc) is 2.32. The van der Waals surface area contributed by atoms with Crippen molar-refractivity contribution in [3.05, 3.63) is 35.9 Å². The molecule has 0 radical (unpaired) electrons. The second kappa shape index (κ2) is 5.12. The van der Waals surface area contributed by atoms with Crippen LogP contribution in [0.3, 0.4) is 0 Å². The molecule has 3 nitrogen and oxygen atoms in total. The fraction of sp³-hybridized carbons (Fsp3) is 0.462. The van der Waals surface area contributed by atoms with E-state index in [1.807, 2.05) is 18.2 Å². The van der Waals surface area contributed by atoms with Crippen molar-refractivity contribution >= 4 is 5.91 Å². The standard InChI is InChI=1S/C13H17NO2/c15-12-6-7-13(16)14(10-12)9-8-11-4-2-1-3-5-11/h1-5,12,15H,6-10H2. The van der Waals surface area contributed by atoms with E-state index in [0.29, 0.717) is 25.9 Å². The quantitative estimate of drug-likeness (QED) is 0.830. The first-order valence-corrected chi connectivity index (χ1v) is 5.75. The van der Waals surface area contributed by atoms with Gasteiger partial charge in [-0.25, -0.2) is 0 Å². The first kappa shape index (κ1) is 11.1. The number of likely N-dealkylation sites (tertiary alicyclic amines) is 1. The molecule has 0 spiro atoms. The number of hydrogen-bond donors (Lipinski definition) is 1. The highest BCUT2D eigenvalue weighted by Gasteiger charge is 2.23. The zero-order valence-corrected chi connectivity index (χ0v) is 9.30. The Hall–Kier alpha value is -1.35. The Morgan fingerprint density at radius 2 is 2.06 bits per heavy atom. The van der Waals surface area contributed by atoms with Gasteiger partial charge in [0.25, 0.3) is 0 Å². The van der Waals surface area contributed by atoms with Gasteiger partial charge in [0.1, 0.15) is 0 Å². The Morgan fingerprint density at radius 1 is 1.31 bits per heavy atom. The van der Waals surface area contributed by atoms with Crippen LogP contribution < -0.4 is 0 Å². The number of benzene rings is 1. The smallest absolute Gasteiger partial charge is 0.222 e. The second-order valence-corrected chi connectivity index (χ2v) is 4.27. The van der Waals surface area contributed by atoms with E-state index in [1.54, 1.807) is 4.90 Å². The number of aliphatic hydroxyl groups excluding tert-OH is 1. The van der Waals surface area contributed by atoms with Crippen LogP contribution in [0.4, 0.5) is 0 Å². The van der Waals surface area contributed by atoms with E-state index >= 15 is 0 Å². The molecule has 0 bridgehead atoms. The van der Waals surface area contributed by atoms with Crippen molar-refractivity contribution in [3.63, 3.8) is 0 Å². The fourth-order valence-electron chi connectivity index (χ4n) is 2.02. The number of piperidine rings is 1. The molecule has 16 heavy (non-hydrogen) atoms. The molecule has 1 atom stereocenters. The molecule has 1 saturated heterocycles. The van der Waals surface area contributed by atoms with E-state index in [2.05, 4.69) is 12.1 Å². The van der Waals surface area contributed by atoms with Gasteiger partial charge in [0.2, 0.25) is 5.91 Å². The molecule has 2 rings (SSSR count). The van der Waals surface area contributed by atoms with Crippen molar-refractivity contribution < 1.29 is 9.90 Å². The Labute approximate surface area is 95.7 Å². The third kappa shape index (κ3) is 2.83. The van der Waals surface area contributed by atoms with Gasteiger partial charge < -0.3 is 10.0 Å². The van der Waals surface area contributed by atoms with Crippen LogP contribution in [0.2, 0.25) is 0 Å². The van der Waals surface area contributed by atoms with Crippen molar-refractivity contribution in [2.75, 3.05) is 13.1 Å². The van der Waals surface area contributed by atoms with E-state index in [9.17, 15) is 9.90 Å². The van der Waals surface area contributed by atoms with Crippen LogP contribution in [0.1, 0.15) is 18.4 Å². The summed E-state index contributed by atoms with van der Waals surface area (Å²) < 4.78 is 0. The summed E-state index contributed by atoms with van der Waals surface area (Å²) in [5.74, 6) is 0.168. The molecule has 0 aliphatic carbocycles. The molecule has 3 heteroatoms. The number of rotatable bonds is 3. The molecule has 1 unspecified atom stereocenters. The maximum atomic E-state index is 11.6. The summed E-state index contributed by atoms with van der Waals surface area (Å²) in [6.07, 6.45) is 1.61. The van der Waals surface area contributed by atoms with Crippen LogP contribution in [0.15, 0.2) is 30.3 Å². The number of β-amino-alcohol motifs (C(OH)–C–C–N with tert-alkyl or cyclic N) is 1. The Balaban J connectivity index is 1.87. The lowest BCUT2D eigenvalue weighted by atomic mass is 10.1. The molecule has 0 saturated carbocycles. The molecular formula is C13H17NO2. The predicted octanol–water partition coefficient (Wildman–Crippen LogP) is 1.21. The van der Waals surface area contributed by atoms with Crippen LogP contribution in [0.25, 0.3) is 0 Å². The number of carbonyl (C=O) groups is 1. The number of amides is 1. The highest BCUT2D eigenvalue weighted by Crippen LogP contribution is 2.12. The first-order chi connectivity index (χ1) is 7.75. The number of aliphatic hydroxyl groups is 1. The molecule has 86 valence electrons. The lowest BCUT2D eigenvalue weighted by Crippen LogP contribution is -2.43. The van der Waals surface area contributed by atoms with Gasteiger partial charge in [-0.3, -0.25) is 4.79 Å². The van der Waals surface area contributed by atoms with Crippen LogP contribution in [0, 0.1) is 0 Å². The zero-order chi connectivity index (χ0) is 11.4. The number of hydrogen-bond acceptors (Lipinski definition) is 2. The van der Waals surface area contributed by atoms with Crippen molar-refractivity contribution in [2.24, 2.45) is 0 Å². The minimum atomic E-state index is -0.339. The molecule has 1 N–H and O–H groups in total. The highest BCUT2D eigenvalue weighted by atomic mass is 16.3. The van der Waals surface area contributed by atoms with Gasteiger partial charge >= 0.3 is 0 Å². The average molecular weight is 219 g/mol. The molecule has 1 aliphatic heterocycles. The minimum absolute atomic E-state index is 0.168. The molecule has 1 aromatic carbocycles. The van der Waals surface area contributed by atoms with Gasteiger partial charge in [-0.1, -0.05) is 30.3 Å². The molecule has 1 aliphatic rings. The van der Waals surface area contributed by atoms with E-state index < -0.39 is 0 Å². The van der Waals surface area contributed by atoms with Crippen LogP contribution in [-0.2, 0) is 11.2 Å². The Kier molecular flexibility index (Phi) is 3.57. The zero-order valence-electron chi connectivity index (χ0n) is 9.30. The van der Waals surface area contributed by atoms with Gasteiger partial charge in [0.05, 0.1) is 6.10 Å². The number of nitrogens with zero attached hydrogens (tertiary/aromatic N) is 1. The maximum Gasteiger partial charge on any atom is 0.222 e. The number of carbonyl (C=O) groups excluding carboxylic acids is 1. The van der Waals surface area contributed by atoms with E-state index in [0.717, 1.165) is 6.42 Å². The third-order valence-electron chi connectivity index (χ3n) is 2.99. The summed E-state index contributed by atoms with van der Waals surface area (Å²) >= 11 is 0. The minimum Gasteiger partial charge on any atom is -0.391 e. The van der Waals surface area contributed by atoms with Crippen molar-refractivity contribution in [1.29, 1.82) is 0 Å². The van der Waals surface area contributed by atoms with Crippen LogP contribution in [-0.4, -0.2) is 35.1 Å². The fourth-order valence-corrected chi connectivity index (χ4v) is 2.02. The van der Waals surface area contributed by atoms with Gasteiger partial charge in [-0.15, -0.1) is 0 Å². The van der Waals surface area contributed by atoms with Crippen molar-refractivity contribution in [2.45, 2.75) is 25.4 Å². The summed E-state index contributed by atoms with van der Waals surface area (Å²) in [5, 5.41) is 9.50. The van der Waals surface area contributed by atoms with Crippen molar-refractivity contribution in [3.8, 4) is 0 Å². The predicted molar refractivity (Wildman–Crippen MR) is 62.0 cm³/mol. The molecule has 0 aromatic heterocycles. The lowest BCUT2D eigenvalue weighted by molar-refractivity contribution is -0.136. The normalized spacial score (nSPS) is 21.2. The van der Waals surface area contributed by atoms with Crippen molar-refractivity contribution in [1.82, 2.24) is 4.90 Å². The maximum absolute atomic E-state index is 11.6.